The molecule has 7 heteroatoms. The van der Waals surface area contributed by atoms with E-state index in [0.717, 1.165) is 11.3 Å². The zero-order valence-corrected chi connectivity index (χ0v) is 13.8. The summed E-state index contributed by atoms with van der Waals surface area (Å²) in [6.07, 6.45) is 2.44. The molecule has 0 spiro atoms. The Morgan fingerprint density at radius 1 is 1.43 bits per heavy atom. The highest BCUT2D eigenvalue weighted by molar-refractivity contribution is 7.98. The minimum Gasteiger partial charge on any atom is -0.467 e. The number of carbonyl (C=O) groups is 2. The van der Waals surface area contributed by atoms with Crippen LogP contribution in [0.2, 0.25) is 5.02 Å². The van der Waals surface area contributed by atoms with E-state index in [1.165, 1.54) is 7.11 Å². The lowest BCUT2D eigenvalue weighted by Crippen LogP contribution is -2.44. The highest BCUT2D eigenvalue weighted by Crippen LogP contribution is 2.20. The second-order valence-corrected chi connectivity index (χ2v) is 5.84. The molecule has 0 aliphatic carbocycles. The molecule has 1 atom stereocenters. The first-order valence-electron chi connectivity index (χ1n) is 6.38. The number of esters is 1. The predicted molar refractivity (Wildman–Crippen MR) is 87.1 cm³/mol. The third kappa shape index (κ3) is 5.85. The molecule has 0 heterocycles. The number of rotatable bonds is 6. The second kappa shape index (κ2) is 8.79. The lowest BCUT2D eigenvalue weighted by atomic mass is 10.2. The van der Waals surface area contributed by atoms with Gasteiger partial charge in [-0.05, 0) is 43.0 Å². The predicted octanol–water partition coefficient (Wildman–Crippen LogP) is 3.06. The number of aryl methyl sites for hydroxylation is 1. The highest BCUT2D eigenvalue weighted by atomic mass is 35.5. The summed E-state index contributed by atoms with van der Waals surface area (Å²) in [5, 5.41) is 5.83. The van der Waals surface area contributed by atoms with Crippen molar-refractivity contribution in [2.75, 3.05) is 24.4 Å². The second-order valence-electron chi connectivity index (χ2n) is 4.41. The quantitative estimate of drug-likeness (QED) is 0.787. The standard InChI is InChI=1S/C14H19ClN2O3S/c1-9-4-5-10(15)8-12(9)17-14(19)16-11(6-7-21-3)13(18)20-2/h4-5,8,11H,6-7H2,1-3H3,(H2,16,17,19). The molecule has 1 aromatic carbocycles. The van der Waals surface area contributed by atoms with Crippen LogP contribution in [-0.2, 0) is 9.53 Å². The molecule has 0 saturated heterocycles. The van der Waals surface area contributed by atoms with Gasteiger partial charge < -0.3 is 15.4 Å². The Morgan fingerprint density at radius 2 is 2.14 bits per heavy atom. The van der Waals surface area contributed by atoms with Crippen molar-refractivity contribution in [1.29, 1.82) is 0 Å². The van der Waals surface area contributed by atoms with Crippen molar-refractivity contribution >= 4 is 41.1 Å². The first kappa shape index (κ1) is 17.7. The van der Waals surface area contributed by atoms with Gasteiger partial charge in [-0.15, -0.1) is 0 Å². The van der Waals surface area contributed by atoms with Crippen molar-refractivity contribution in [2.45, 2.75) is 19.4 Å². The number of urea groups is 1. The number of nitrogens with one attached hydrogen (secondary N) is 2. The van der Waals surface area contributed by atoms with Crippen molar-refractivity contribution in [3.05, 3.63) is 28.8 Å². The number of carbonyl (C=O) groups excluding carboxylic acids is 2. The zero-order chi connectivity index (χ0) is 15.8. The normalized spacial score (nSPS) is 11.6. The van der Waals surface area contributed by atoms with Gasteiger partial charge in [0.05, 0.1) is 7.11 Å². The Bertz CT molecular complexity index is 511. The monoisotopic (exact) mass is 330 g/mol. The molecule has 0 aliphatic rings. The molecule has 21 heavy (non-hydrogen) atoms. The van der Waals surface area contributed by atoms with Crippen LogP contribution in [0.1, 0.15) is 12.0 Å². The van der Waals surface area contributed by atoms with Crippen LogP contribution in [0.4, 0.5) is 10.5 Å². The number of amides is 2. The first-order chi connectivity index (χ1) is 9.97. The summed E-state index contributed by atoms with van der Waals surface area (Å²) in [6.45, 7) is 1.86. The Morgan fingerprint density at radius 3 is 2.76 bits per heavy atom. The first-order valence-corrected chi connectivity index (χ1v) is 8.15. The van der Waals surface area contributed by atoms with Gasteiger partial charge in [-0.25, -0.2) is 9.59 Å². The molecule has 2 amide bonds. The minimum atomic E-state index is -0.665. The highest BCUT2D eigenvalue weighted by Gasteiger charge is 2.21. The van der Waals surface area contributed by atoms with Gasteiger partial charge >= 0.3 is 12.0 Å². The molecule has 0 radical (unpaired) electrons. The van der Waals surface area contributed by atoms with E-state index in [4.69, 9.17) is 16.3 Å². The number of thioether (sulfide) groups is 1. The van der Waals surface area contributed by atoms with Gasteiger partial charge in [0.2, 0.25) is 0 Å². The van der Waals surface area contributed by atoms with E-state index in [0.29, 0.717) is 17.1 Å². The number of hydrogen-bond acceptors (Lipinski definition) is 4. The van der Waals surface area contributed by atoms with E-state index in [-0.39, 0.29) is 0 Å². The maximum absolute atomic E-state index is 12.0. The van der Waals surface area contributed by atoms with Crippen LogP contribution < -0.4 is 10.6 Å². The summed E-state index contributed by atoms with van der Waals surface area (Å²) in [6, 6.07) is 4.09. The lowest BCUT2D eigenvalue weighted by Gasteiger charge is -2.17. The topological polar surface area (TPSA) is 67.4 Å². The Balaban J connectivity index is 2.68. The van der Waals surface area contributed by atoms with Crippen molar-refractivity contribution in [3.8, 4) is 0 Å². The zero-order valence-electron chi connectivity index (χ0n) is 12.2. The molecule has 1 aromatic rings. The van der Waals surface area contributed by atoms with Gasteiger partial charge in [0, 0.05) is 10.7 Å². The molecule has 1 unspecified atom stereocenters. The number of methoxy groups -OCH3 is 1. The smallest absolute Gasteiger partial charge is 0.328 e. The average Bonchev–Trinajstić information content (AvgIpc) is 2.46. The average molecular weight is 331 g/mol. The van der Waals surface area contributed by atoms with E-state index in [2.05, 4.69) is 10.6 Å². The van der Waals surface area contributed by atoms with Crippen molar-refractivity contribution in [3.63, 3.8) is 0 Å². The fourth-order valence-corrected chi connectivity index (χ4v) is 2.32. The van der Waals surface area contributed by atoms with Gasteiger partial charge in [-0.1, -0.05) is 17.7 Å². The SMILES string of the molecule is COC(=O)C(CCSC)NC(=O)Nc1cc(Cl)ccc1C. The maximum atomic E-state index is 12.0. The van der Waals surface area contributed by atoms with Crippen LogP contribution in [0, 0.1) is 6.92 Å². The fraction of sp³-hybridized carbons (Fsp3) is 0.429. The van der Waals surface area contributed by atoms with Crippen molar-refractivity contribution < 1.29 is 14.3 Å². The third-order valence-corrected chi connectivity index (χ3v) is 3.73. The third-order valence-electron chi connectivity index (χ3n) is 2.85. The molecule has 5 nitrogen and oxygen atoms in total. The van der Waals surface area contributed by atoms with Crippen LogP contribution >= 0.6 is 23.4 Å². The van der Waals surface area contributed by atoms with E-state index >= 15 is 0 Å². The lowest BCUT2D eigenvalue weighted by molar-refractivity contribution is -0.142. The van der Waals surface area contributed by atoms with E-state index in [1.54, 1.807) is 23.9 Å². The Labute approximate surface area is 133 Å². The summed E-state index contributed by atoms with van der Waals surface area (Å²) in [7, 11) is 1.30. The molecule has 1 rings (SSSR count). The van der Waals surface area contributed by atoms with Gasteiger partial charge in [0.15, 0.2) is 0 Å². The van der Waals surface area contributed by atoms with Crippen LogP contribution in [0.5, 0.6) is 0 Å². The molecule has 2 N–H and O–H groups in total. The minimum absolute atomic E-state index is 0.456. The van der Waals surface area contributed by atoms with E-state index in [1.807, 2.05) is 19.2 Å². The van der Waals surface area contributed by atoms with Gasteiger partial charge in [-0.2, -0.15) is 11.8 Å². The molecule has 0 aliphatic heterocycles. The number of benzene rings is 1. The molecule has 0 bridgehead atoms. The van der Waals surface area contributed by atoms with Crippen LogP contribution in [0.3, 0.4) is 0 Å². The van der Waals surface area contributed by atoms with Gasteiger partial charge in [0.25, 0.3) is 0 Å². The van der Waals surface area contributed by atoms with Crippen molar-refractivity contribution in [1.82, 2.24) is 5.32 Å². The van der Waals surface area contributed by atoms with Gasteiger partial charge in [0.1, 0.15) is 6.04 Å². The van der Waals surface area contributed by atoms with E-state index in [9.17, 15) is 9.59 Å². The Kier molecular flexibility index (Phi) is 7.39. The number of halogens is 1. The Hall–Kier alpha value is -1.40. The fourth-order valence-electron chi connectivity index (χ4n) is 1.67. The van der Waals surface area contributed by atoms with Crippen LogP contribution in [0.25, 0.3) is 0 Å². The van der Waals surface area contributed by atoms with Gasteiger partial charge in [-0.3, -0.25) is 0 Å². The molecule has 0 saturated carbocycles. The molecular formula is C14H19ClN2O3S. The van der Waals surface area contributed by atoms with Crippen LogP contribution in [-0.4, -0.2) is 37.2 Å². The maximum Gasteiger partial charge on any atom is 0.328 e. The largest absolute Gasteiger partial charge is 0.467 e. The summed E-state index contributed by atoms with van der Waals surface area (Å²) >= 11 is 7.50. The number of ether oxygens (including phenoxy) is 1. The molecule has 0 aromatic heterocycles. The van der Waals surface area contributed by atoms with Crippen molar-refractivity contribution in [2.24, 2.45) is 0 Å². The summed E-state index contributed by atoms with van der Waals surface area (Å²) in [5.41, 5.74) is 1.49. The van der Waals surface area contributed by atoms with E-state index < -0.39 is 18.0 Å². The summed E-state index contributed by atoms with van der Waals surface area (Å²) < 4.78 is 4.69. The number of hydrogen-bond donors (Lipinski definition) is 2. The molecule has 0 fully saturated rings. The summed E-state index contributed by atoms with van der Waals surface area (Å²) in [5.74, 6) is 0.290. The molecule has 116 valence electrons. The number of anilines is 1. The summed E-state index contributed by atoms with van der Waals surface area (Å²) in [4.78, 5) is 23.6. The molecular weight excluding hydrogens is 312 g/mol. The van der Waals surface area contributed by atoms with Crippen LogP contribution in [0.15, 0.2) is 18.2 Å².